The van der Waals surface area contributed by atoms with Crippen molar-refractivity contribution >= 4 is 55.6 Å². The molecule has 90 valence electrons. The van der Waals surface area contributed by atoms with Gasteiger partial charge in [-0.3, -0.25) is 4.79 Å². The van der Waals surface area contributed by atoms with Crippen LogP contribution in [0.3, 0.4) is 0 Å². The van der Waals surface area contributed by atoms with Gasteiger partial charge in [-0.1, -0.05) is 17.7 Å². The maximum atomic E-state index is 12.2. The molecule has 3 aromatic rings. The predicted molar refractivity (Wildman–Crippen MR) is 76.7 cm³/mol. The largest absolute Gasteiger partial charge is 0.452 e. The van der Waals surface area contributed by atoms with Crippen LogP contribution in [0.15, 0.2) is 44.6 Å². The standard InChI is InChI=1S/C13H6BrClO2S/c14-7-4-12(18-6-7)13(16)11-5-8-9(15)2-1-3-10(8)17-11/h1-6H. The highest BCUT2D eigenvalue weighted by Gasteiger charge is 2.17. The second kappa shape index (κ2) is 4.53. The zero-order chi connectivity index (χ0) is 12.7. The molecule has 0 aliphatic heterocycles. The van der Waals surface area contributed by atoms with E-state index < -0.39 is 0 Å². The molecule has 0 bridgehead atoms. The van der Waals surface area contributed by atoms with Crippen molar-refractivity contribution in [2.75, 3.05) is 0 Å². The molecule has 0 aliphatic carbocycles. The first-order chi connectivity index (χ1) is 8.65. The van der Waals surface area contributed by atoms with Gasteiger partial charge in [-0.25, -0.2) is 0 Å². The van der Waals surface area contributed by atoms with Gasteiger partial charge in [0.15, 0.2) is 5.76 Å². The Morgan fingerprint density at radius 2 is 2.17 bits per heavy atom. The molecule has 0 saturated carbocycles. The average Bonchev–Trinajstić information content (AvgIpc) is 2.95. The quantitative estimate of drug-likeness (QED) is 0.604. The van der Waals surface area contributed by atoms with Gasteiger partial charge >= 0.3 is 0 Å². The minimum absolute atomic E-state index is 0.127. The van der Waals surface area contributed by atoms with E-state index in [0.717, 1.165) is 9.86 Å². The summed E-state index contributed by atoms with van der Waals surface area (Å²) in [6.45, 7) is 0. The molecule has 0 fully saturated rings. The molecule has 0 aliphatic rings. The second-order valence-corrected chi connectivity index (χ2v) is 5.95. The van der Waals surface area contributed by atoms with Crippen LogP contribution in [-0.4, -0.2) is 5.78 Å². The third kappa shape index (κ3) is 2.00. The molecule has 2 aromatic heterocycles. The Hall–Kier alpha value is -1.10. The Morgan fingerprint density at radius 1 is 1.33 bits per heavy atom. The fourth-order valence-electron chi connectivity index (χ4n) is 1.69. The van der Waals surface area contributed by atoms with E-state index >= 15 is 0 Å². The summed E-state index contributed by atoms with van der Waals surface area (Å²) in [6, 6.07) is 8.83. The summed E-state index contributed by atoms with van der Waals surface area (Å²) in [5.74, 6) is 0.186. The first kappa shape index (κ1) is 12.0. The van der Waals surface area contributed by atoms with E-state index in [1.165, 1.54) is 11.3 Å². The molecule has 2 nitrogen and oxygen atoms in total. The Balaban J connectivity index is 2.10. The highest BCUT2D eigenvalue weighted by Crippen LogP contribution is 2.29. The molecular formula is C13H6BrClO2S. The van der Waals surface area contributed by atoms with Crippen molar-refractivity contribution in [3.8, 4) is 0 Å². The average molecular weight is 342 g/mol. The lowest BCUT2D eigenvalue weighted by Crippen LogP contribution is -1.95. The van der Waals surface area contributed by atoms with Gasteiger partial charge in [-0.2, -0.15) is 0 Å². The van der Waals surface area contributed by atoms with Crippen LogP contribution in [0.2, 0.25) is 5.02 Å². The van der Waals surface area contributed by atoms with Crippen molar-refractivity contribution in [2.45, 2.75) is 0 Å². The number of carbonyl (C=O) groups is 1. The maximum Gasteiger partial charge on any atom is 0.238 e. The summed E-state index contributed by atoms with van der Waals surface area (Å²) >= 11 is 10.8. The van der Waals surface area contributed by atoms with Crippen molar-refractivity contribution in [2.24, 2.45) is 0 Å². The molecule has 0 N–H and O–H groups in total. The first-order valence-electron chi connectivity index (χ1n) is 5.12. The third-order valence-corrected chi connectivity index (χ3v) is 4.54. The first-order valence-corrected chi connectivity index (χ1v) is 7.17. The summed E-state index contributed by atoms with van der Waals surface area (Å²) in [5, 5.41) is 3.21. The molecule has 0 spiro atoms. The zero-order valence-corrected chi connectivity index (χ0v) is 12.1. The number of fused-ring (bicyclic) bond motifs is 1. The molecule has 3 rings (SSSR count). The van der Waals surface area contributed by atoms with Crippen LogP contribution in [0.4, 0.5) is 0 Å². The zero-order valence-electron chi connectivity index (χ0n) is 8.94. The maximum absolute atomic E-state index is 12.2. The lowest BCUT2D eigenvalue weighted by molar-refractivity contribution is 0.101. The molecule has 2 heterocycles. The van der Waals surface area contributed by atoms with E-state index in [1.807, 2.05) is 5.38 Å². The number of benzene rings is 1. The smallest absolute Gasteiger partial charge is 0.238 e. The van der Waals surface area contributed by atoms with Gasteiger partial charge in [0, 0.05) is 15.2 Å². The molecule has 0 atom stereocenters. The van der Waals surface area contributed by atoms with Gasteiger partial charge in [0.25, 0.3) is 0 Å². The van der Waals surface area contributed by atoms with Crippen LogP contribution < -0.4 is 0 Å². The van der Waals surface area contributed by atoms with Crippen molar-refractivity contribution < 1.29 is 9.21 Å². The molecule has 0 radical (unpaired) electrons. The summed E-state index contributed by atoms with van der Waals surface area (Å²) in [6.07, 6.45) is 0. The van der Waals surface area contributed by atoms with E-state index in [2.05, 4.69) is 15.9 Å². The SMILES string of the molecule is O=C(c1cc2c(Cl)cccc2o1)c1cc(Br)cs1. The summed E-state index contributed by atoms with van der Waals surface area (Å²) in [5.41, 5.74) is 0.626. The Kier molecular flexibility index (Phi) is 3.01. The number of carbonyl (C=O) groups excluding carboxylic acids is 1. The lowest BCUT2D eigenvalue weighted by atomic mass is 10.2. The van der Waals surface area contributed by atoms with Crippen LogP contribution in [0, 0.1) is 0 Å². The van der Waals surface area contributed by atoms with E-state index in [0.29, 0.717) is 21.2 Å². The topological polar surface area (TPSA) is 30.2 Å². The number of ketones is 1. The number of thiophene rings is 1. The van der Waals surface area contributed by atoms with Crippen molar-refractivity contribution in [3.63, 3.8) is 0 Å². The van der Waals surface area contributed by atoms with Gasteiger partial charge < -0.3 is 4.42 Å². The van der Waals surface area contributed by atoms with E-state index in [-0.39, 0.29) is 5.78 Å². The van der Waals surface area contributed by atoms with Gasteiger partial charge in [0.2, 0.25) is 5.78 Å². The number of hydrogen-bond acceptors (Lipinski definition) is 3. The van der Waals surface area contributed by atoms with Crippen molar-refractivity contribution in [3.05, 3.63) is 55.8 Å². The molecule has 1 aromatic carbocycles. The second-order valence-electron chi connectivity index (χ2n) is 3.72. The Labute approximate surface area is 120 Å². The van der Waals surface area contributed by atoms with E-state index in [1.54, 1.807) is 30.3 Å². The van der Waals surface area contributed by atoms with Crippen molar-refractivity contribution in [1.82, 2.24) is 0 Å². The molecular weight excluding hydrogens is 336 g/mol. The van der Waals surface area contributed by atoms with Gasteiger partial charge in [0.1, 0.15) is 5.58 Å². The minimum Gasteiger partial charge on any atom is -0.452 e. The van der Waals surface area contributed by atoms with Crippen LogP contribution in [0.25, 0.3) is 11.0 Å². The fourth-order valence-corrected chi connectivity index (χ4v) is 3.28. The summed E-state index contributed by atoms with van der Waals surface area (Å²) in [4.78, 5) is 12.8. The minimum atomic E-state index is -0.127. The normalized spacial score (nSPS) is 11.0. The molecule has 0 saturated heterocycles. The summed E-state index contributed by atoms with van der Waals surface area (Å²) in [7, 11) is 0. The molecule has 18 heavy (non-hydrogen) atoms. The third-order valence-electron chi connectivity index (χ3n) is 2.52. The molecule has 0 unspecified atom stereocenters. The van der Waals surface area contributed by atoms with Gasteiger partial charge in [0.05, 0.1) is 9.90 Å². The van der Waals surface area contributed by atoms with E-state index in [9.17, 15) is 4.79 Å². The van der Waals surface area contributed by atoms with Crippen LogP contribution in [0.1, 0.15) is 15.4 Å². The van der Waals surface area contributed by atoms with Gasteiger partial charge in [-0.05, 0) is 40.2 Å². The fraction of sp³-hybridized carbons (Fsp3) is 0. The van der Waals surface area contributed by atoms with Crippen LogP contribution >= 0.6 is 38.9 Å². The number of hydrogen-bond donors (Lipinski definition) is 0. The van der Waals surface area contributed by atoms with Crippen molar-refractivity contribution in [1.29, 1.82) is 0 Å². The van der Waals surface area contributed by atoms with Crippen LogP contribution in [-0.2, 0) is 0 Å². The predicted octanol–water partition coefficient (Wildman–Crippen LogP) is 5.14. The number of rotatable bonds is 2. The van der Waals surface area contributed by atoms with Crippen LogP contribution in [0.5, 0.6) is 0 Å². The van der Waals surface area contributed by atoms with Gasteiger partial charge in [-0.15, -0.1) is 11.3 Å². The Morgan fingerprint density at radius 3 is 2.83 bits per heavy atom. The molecule has 0 amide bonds. The molecule has 5 heteroatoms. The summed E-state index contributed by atoms with van der Waals surface area (Å²) < 4.78 is 6.43. The number of halogens is 2. The van der Waals surface area contributed by atoms with E-state index in [4.69, 9.17) is 16.0 Å². The highest BCUT2D eigenvalue weighted by atomic mass is 79.9. The Bertz CT molecular complexity index is 744. The highest BCUT2D eigenvalue weighted by molar-refractivity contribution is 9.10. The number of furan rings is 1. The lowest BCUT2D eigenvalue weighted by Gasteiger charge is -1.90. The monoisotopic (exact) mass is 340 g/mol.